The van der Waals surface area contributed by atoms with Gasteiger partial charge in [0.05, 0.1) is 17.7 Å². The normalized spacial score (nSPS) is 13.0. The van der Waals surface area contributed by atoms with Crippen LogP contribution in [0.15, 0.2) is 39.8 Å². The molecule has 0 aliphatic rings. The molecule has 7 heteroatoms. The van der Waals surface area contributed by atoms with Gasteiger partial charge in [0.2, 0.25) is 15.9 Å². The molecule has 1 atom stereocenters. The van der Waals surface area contributed by atoms with Gasteiger partial charge in [0.15, 0.2) is 0 Å². The molecule has 2 N–H and O–H groups in total. The SMILES string of the molecule is Cc1cc(C)c(S(=O)(=O)N[C@@H](C(=O)NCc2ccco2)C(C)C)c(C)c1. The zero-order chi connectivity index (χ0) is 19.5. The van der Waals surface area contributed by atoms with Crippen LogP contribution in [0.4, 0.5) is 0 Å². The Bertz CT molecular complexity index is 848. The third kappa shape index (κ3) is 4.74. The molecule has 0 saturated heterocycles. The van der Waals surface area contributed by atoms with Gasteiger partial charge in [-0.3, -0.25) is 4.79 Å². The smallest absolute Gasteiger partial charge is 0.241 e. The molecular weight excluding hydrogens is 352 g/mol. The predicted molar refractivity (Wildman–Crippen MR) is 100 cm³/mol. The number of hydrogen-bond donors (Lipinski definition) is 2. The van der Waals surface area contributed by atoms with E-state index in [2.05, 4.69) is 10.0 Å². The van der Waals surface area contributed by atoms with Crippen molar-refractivity contribution in [3.8, 4) is 0 Å². The summed E-state index contributed by atoms with van der Waals surface area (Å²) in [7, 11) is -3.83. The molecular formula is C19H26N2O4S. The molecule has 142 valence electrons. The summed E-state index contributed by atoms with van der Waals surface area (Å²) in [5.41, 5.74) is 2.32. The minimum Gasteiger partial charge on any atom is -0.467 e. The lowest BCUT2D eigenvalue weighted by molar-refractivity contribution is -0.123. The van der Waals surface area contributed by atoms with Crippen LogP contribution in [-0.2, 0) is 21.4 Å². The zero-order valence-electron chi connectivity index (χ0n) is 15.8. The largest absolute Gasteiger partial charge is 0.467 e. The maximum Gasteiger partial charge on any atom is 0.241 e. The second-order valence-corrected chi connectivity index (χ2v) is 8.52. The molecule has 0 saturated carbocycles. The van der Waals surface area contributed by atoms with Crippen LogP contribution in [0.5, 0.6) is 0 Å². The standard InChI is InChI=1S/C19H26N2O4S/c1-12(2)17(19(22)20-11-16-7-6-8-25-16)21-26(23,24)18-14(4)9-13(3)10-15(18)5/h6-10,12,17,21H,11H2,1-5H3,(H,20,22)/t17-/m1/s1. The van der Waals surface area contributed by atoms with Crippen molar-refractivity contribution in [2.45, 2.75) is 52.1 Å². The minimum absolute atomic E-state index is 0.208. The molecule has 0 fully saturated rings. The Balaban J connectivity index is 2.22. The van der Waals surface area contributed by atoms with E-state index in [1.807, 2.05) is 19.1 Å². The summed E-state index contributed by atoms with van der Waals surface area (Å²) in [6, 6.07) is 6.24. The molecule has 0 bridgehead atoms. The van der Waals surface area contributed by atoms with Gasteiger partial charge in [-0.15, -0.1) is 0 Å². The average molecular weight is 378 g/mol. The van der Waals surface area contributed by atoms with Crippen molar-refractivity contribution >= 4 is 15.9 Å². The topological polar surface area (TPSA) is 88.4 Å². The number of furan rings is 1. The summed E-state index contributed by atoms with van der Waals surface area (Å²) >= 11 is 0. The Hall–Kier alpha value is -2.12. The molecule has 6 nitrogen and oxygen atoms in total. The first kappa shape index (κ1) is 20.2. The Morgan fingerprint density at radius 2 is 1.77 bits per heavy atom. The van der Waals surface area contributed by atoms with Crippen molar-refractivity contribution in [1.82, 2.24) is 10.0 Å². The Morgan fingerprint density at radius 1 is 1.15 bits per heavy atom. The van der Waals surface area contributed by atoms with Crippen LogP contribution < -0.4 is 10.0 Å². The van der Waals surface area contributed by atoms with Gasteiger partial charge >= 0.3 is 0 Å². The van der Waals surface area contributed by atoms with Gasteiger partial charge in [-0.05, 0) is 49.9 Å². The van der Waals surface area contributed by atoms with E-state index in [0.29, 0.717) is 16.9 Å². The van der Waals surface area contributed by atoms with Crippen LogP contribution in [0.2, 0.25) is 0 Å². The van der Waals surface area contributed by atoms with E-state index < -0.39 is 16.1 Å². The van der Waals surface area contributed by atoms with Crippen LogP contribution in [0, 0.1) is 26.7 Å². The summed E-state index contributed by atoms with van der Waals surface area (Å²) in [5, 5.41) is 2.72. The van der Waals surface area contributed by atoms with E-state index in [0.717, 1.165) is 5.56 Å². The number of sulfonamides is 1. The first-order valence-corrected chi connectivity index (χ1v) is 10.0. The molecule has 0 aliphatic carbocycles. The van der Waals surface area contributed by atoms with Gasteiger partial charge in [0.25, 0.3) is 0 Å². The molecule has 1 amide bonds. The molecule has 0 aliphatic heterocycles. The summed E-state index contributed by atoms with van der Waals surface area (Å²) in [5.74, 6) is 0.00349. The molecule has 0 unspecified atom stereocenters. The van der Waals surface area contributed by atoms with Crippen LogP contribution in [-0.4, -0.2) is 20.4 Å². The van der Waals surface area contributed by atoms with Crippen LogP contribution >= 0.6 is 0 Å². The van der Waals surface area contributed by atoms with E-state index in [1.54, 1.807) is 39.8 Å². The minimum atomic E-state index is -3.83. The lowest BCUT2D eigenvalue weighted by Crippen LogP contribution is -2.49. The highest BCUT2D eigenvalue weighted by Crippen LogP contribution is 2.22. The van der Waals surface area contributed by atoms with Crippen molar-refractivity contribution in [2.24, 2.45) is 5.92 Å². The number of hydrogen-bond acceptors (Lipinski definition) is 4. The number of carbonyl (C=O) groups is 1. The summed E-state index contributed by atoms with van der Waals surface area (Å²) in [6.45, 7) is 9.25. The maximum atomic E-state index is 12.9. The van der Waals surface area contributed by atoms with Crippen molar-refractivity contribution in [3.05, 3.63) is 53.0 Å². The van der Waals surface area contributed by atoms with Gasteiger partial charge < -0.3 is 9.73 Å². The van der Waals surface area contributed by atoms with Crippen molar-refractivity contribution in [1.29, 1.82) is 0 Å². The highest BCUT2D eigenvalue weighted by Gasteiger charge is 2.30. The molecule has 26 heavy (non-hydrogen) atoms. The molecule has 1 aromatic heterocycles. The Morgan fingerprint density at radius 3 is 2.27 bits per heavy atom. The molecule has 1 heterocycles. The number of aryl methyl sites for hydroxylation is 3. The van der Waals surface area contributed by atoms with Gasteiger partial charge in [-0.1, -0.05) is 31.5 Å². The summed E-state index contributed by atoms with van der Waals surface area (Å²) in [6.07, 6.45) is 1.52. The quantitative estimate of drug-likeness (QED) is 0.775. The number of carbonyl (C=O) groups excluding carboxylic acids is 1. The lowest BCUT2D eigenvalue weighted by atomic mass is 10.1. The van der Waals surface area contributed by atoms with Gasteiger partial charge in [0, 0.05) is 0 Å². The highest BCUT2D eigenvalue weighted by atomic mass is 32.2. The number of benzene rings is 1. The second-order valence-electron chi connectivity index (χ2n) is 6.87. The third-order valence-electron chi connectivity index (χ3n) is 4.12. The third-order valence-corrected chi connectivity index (χ3v) is 5.87. The molecule has 2 rings (SSSR count). The van der Waals surface area contributed by atoms with Gasteiger partial charge in [-0.25, -0.2) is 8.42 Å². The fourth-order valence-electron chi connectivity index (χ4n) is 3.01. The lowest BCUT2D eigenvalue weighted by Gasteiger charge is -2.23. The second kappa shape index (κ2) is 8.05. The predicted octanol–water partition coefficient (Wildman–Crippen LogP) is 2.82. The van der Waals surface area contributed by atoms with E-state index in [1.165, 1.54) is 6.26 Å². The number of rotatable bonds is 7. The van der Waals surface area contributed by atoms with E-state index in [4.69, 9.17) is 4.42 Å². The van der Waals surface area contributed by atoms with E-state index in [9.17, 15) is 13.2 Å². The highest BCUT2D eigenvalue weighted by molar-refractivity contribution is 7.89. The zero-order valence-corrected chi connectivity index (χ0v) is 16.6. The molecule has 0 spiro atoms. The molecule has 0 radical (unpaired) electrons. The fraction of sp³-hybridized carbons (Fsp3) is 0.421. The van der Waals surface area contributed by atoms with Crippen molar-refractivity contribution in [2.75, 3.05) is 0 Å². The summed E-state index contributed by atoms with van der Waals surface area (Å²) < 4.78 is 33.6. The maximum absolute atomic E-state index is 12.9. The molecule has 2 aromatic rings. The van der Waals surface area contributed by atoms with Crippen LogP contribution in [0.1, 0.15) is 36.3 Å². The number of amides is 1. The summed E-state index contributed by atoms with van der Waals surface area (Å²) in [4.78, 5) is 12.8. The average Bonchev–Trinajstić information content (AvgIpc) is 3.02. The monoisotopic (exact) mass is 378 g/mol. The molecule has 1 aromatic carbocycles. The van der Waals surface area contributed by atoms with E-state index in [-0.39, 0.29) is 23.3 Å². The van der Waals surface area contributed by atoms with Crippen LogP contribution in [0.25, 0.3) is 0 Å². The Labute approximate surface area is 155 Å². The van der Waals surface area contributed by atoms with E-state index >= 15 is 0 Å². The van der Waals surface area contributed by atoms with Crippen molar-refractivity contribution < 1.29 is 17.6 Å². The first-order chi connectivity index (χ1) is 12.1. The number of nitrogens with one attached hydrogen (secondary N) is 2. The van der Waals surface area contributed by atoms with Gasteiger partial charge in [0.1, 0.15) is 11.8 Å². The van der Waals surface area contributed by atoms with Crippen molar-refractivity contribution in [3.63, 3.8) is 0 Å². The Kier molecular flexibility index (Phi) is 6.26. The fourth-order valence-corrected chi connectivity index (χ4v) is 4.80. The van der Waals surface area contributed by atoms with Crippen LogP contribution in [0.3, 0.4) is 0 Å². The van der Waals surface area contributed by atoms with Gasteiger partial charge in [-0.2, -0.15) is 4.72 Å². The first-order valence-electron chi connectivity index (χ1n) is 8.52.